The molecule has 22 heavy (non-hydrogen) atoms. The Bertz CT molecular complexity index is 548. The Morgan fingerprint density at radius 3 is 2.55 bits per heavy atom. The summed E-state index contributed by atoms with van der Waals surface area (Å²) in [6.45, 7) is 3.39. The Morgan fingerprint density at radius 1 is 1.23 bits per heavy atom. The van der Waals surface area contributed by atoms with Crippen molar-refractivity contribution in [2.45, 2.75) is 45.6 Å². The molecule has 1 saturated carbocycles. The van der Waals surface area contributed by atoms with E-state index in [9.17, 15) is 9.59 Å². The molecule has 1 aromatic carbocycles. The lowest BCUT2D eigenvalue weighted by atomic mass is 10.00. The number of amides is 2. The van der Waals surface area contributed by atoms with Crippen LogP contribution < -0.4 is 16.4 Å². The number of halogens is 1. The molecular formula is C16H24ClN3O2. The number of hydrogen-bond acceptors (Lipinski definition) is 3. The van der Waals surface area contributed by atoms with Gasteiger partial charge in [0.15, 0.2) is 0 Å². The Labute approximate surface area is 137 Å². The Hall–Kier alpha value is -1.59. The smallest absolute Gasteiger partial charge is 0.224 e. The van der Waals surface area contributed by atoms with Gasteiger partial charge in [-0.3, -0.25) is 9.59 Å². The summed E-state index contributed by atoms with van der Waals surface area (Å²) in [5, 5.41) is 5.62. The first-order valence-electron chi connectivity index (χ1n) is 7.39. The van der Waals surface area contributed by atoms with Gasteiger partial charge in [-0.15, -0.1) is 12.4 Å². The Kier molecular flexibility index (Phi) is 6.84. The maximum atomic E-state index is 12.2. The predicted octanol–water partition coefficient (Wildman–Crippen LogP) is 2.83. The first kappa shape index (κ1) is 18.5. The molecule has 2 rings (SSSR count). The molecule has 0 spiro atoms. The zero-order chi connectivity index (χ0) is 15.4. The van der Waals surface area contributed by atoms with Crippen molar-refractivity contribution in [2.75, 3.05) is 10.6 Å². The van der Waals surface area contributed by atoms with Crippen LogP contribution in [0.1, 0.15) is 38.2 Å². The second-order valence-corrected chi connectivity index (χ2v) is 5.84. The van der Waals surface area contributed by atoms with E-state index in [0.717, 1.165) is 24.8 Å². The summed E-state index contributed by atoms with van der Waals surface area (Å²) in [6.07, 6.45) is 3.55. The molecule has 2 atom stereocenters. The summed E-state index contributed by atoms with van der Waals surface area (Å²) < 4.78 is 0. The largest absolute Gasteiger partial charge is 0.327 e. The van der Waals surface area contributed by atoms with E-state index in [1.54, 1.807) is 6.07 Å². The number of nitrogens with one attached hydrogen (secondary N) is 2. The van der Waals surface area contributed by atoms with Crippen LogP contribution in [0.5, 0.6) is 0 Å². The van der Waals surface area contributed by atoms with Gasteiger partial charge in [-0.2, -0.15) is 0 Å². The second-order valence-electron chi connectivity index (χ2n) is 5.84. The van der Waals surface area contributed by atoms with Crippen LogP contribution in [0.2, 0.25) is 0 Å². The summed E-state index contributed by atoms with van der Waals surface area (Å²) in [7, 11) is 0. The summed E-state index contributed by atoms with van der Waals surface area (Å²) in [5.41, 5.74) is 8.29. The van der Waals surface area contributed by atoms with Gasteiger partial charge in [0.2, 0.25) is 11.8 Å². The molecule has 0 aromatic heterocycles. The van der Waals surface area contributed by atoms with Gasteiger partial charge in [-0.25, -0.2) is 0 Å². The van der Waals surface area contributed by atoms with E-state index in [2.05, 4.69) is 10.6 Å². The lowest BCUT2D eigenvalue weighted by molar-refractivity contribution is -0.117. The summed E-state index contributed by atoms with van der Waals surface area (Å²) in [4.78, 5) is 23.4. The second kappa shape index (κ2) is 8.15. The monoisotopic (exact) mass is 325 g/mol. The standard InChI is InChI=1S/C16H23N3O2.ClH/c1-10-6-7-14(18-11(2)20)15(8-10)19-16(21)9-12-4-3-5-13(12)17;/h6-8,12-13H,3-5,9,17H2,1-2H3,(H,18,20)(H,19,21);1H/t12-,13+;/m0./s1. The lowest BCUT2D eigenvalue weighted by Crippen LogP contribution is -2.28. The fourth-order valence-corrected chi connectivity index (χ4v) is 2.82. The number of hydrogen-bond donors (Lipinski definition) is 3. The van der Waals surface area contributed by atoms with Crippen molar-refractivity contribution in [1.82, 2.24) is 0 Å². The van der Waals surface area contributed by atoms with E-state index in [-0.39, 0.29) is 36.2 Å². The van der Waals surface area contributed by atoms with Crippen LogP contribution >= 0.6 is 12.4 Å². The van der Waals surface area contributed by atoms with Crippen molar-refractivity contribution < 1.29 is 9.59 Å². The molecule has 0 saturated heterocycles. The van der Waals surface area contributed by atoms with Crippen LogP contribution in [0.3, 0.4) is 0 Å². The normalized spacial score (nSPS) is 20.1. The van der Waals surface area contributed by atoms with Gasteiger partial charge in [0, 0.05) is 19.4 Å². The summed E-state index contributed by atoms with van der Waals surface area (Å²) in [5.74, 6) is 0.0562. The van der Waals surface area contributed by atoms with E-state index in [1.165, 1.54) is 6.92 Å². The number of anilines is 2. The highest BCUT2D eigenvalue weighted by molar-refractivity contribution is 5.99. The minimum Gasteiger partial charge on any atom is -0.327 e. The Morgan fingerprint density at radius 2 is 1.95 bits per heavy atom. The molecule has 122 valence electrons. The molecule has 5 nitrogen and oxygen atoms in total. The van der Waals surface area contributed by atoms with Crippen LogP contribution in [0.4, 0.5) is 11.4 Å². The maximum Gasteiger partial charge on any atom is 0.224 e. The number of benzene rings is 1. The minimum atomic E-state index is -0.160. The first-order valence-corrected chi connectivity index (χ1v) is 7.39. The highest BCUT2D eigenvalue weighted by Crippen LogP contribution is 2.28. The lowest BCUT2D eigenvalue weighted by Gasteiger charge is -2.16. The molecule has 0 heterocycles. The molecule has 1 fully saturated rings. The minimum absolute atomic E-state index is 0. The van der Waals surface area contributed by atoms with Gasteiger partial charge < -0.3 is 16.4 Å². The van der Waals surface area contributed by atoms with Crippen LogP contribution in [0.15, 0.2) is 18.2 Å². The number of nitrogens with two attached hydrogens (primary N) is 1. The molecule has 0 radical (unpaired) electrons. The van der Waals surface area contributed by atoms with Gasteiger partial charge in [-0.1, -0.05) is 12.5 Å². The van der Waals surface area contributed by atoms with Crippen LogP contribution in [0.25, 0.3) is 0 Å². The summed E-state index contributed by atoms with van der Waals surface area (Å²) >= 11 is 0. The number of carbonyl (C=O) groups is 2. The van der Waals surface area contributed by atoms with Gasteiger partial charge in [-0.05, 0) is 43.4 Å². The van der Waals surface area contributed by atoms with E-state index >= 15 is 0 Å². The Balaban J connectivity index is 0.00000242. The SMILES string of the molecule is CC(=O)Nc1ccc(C)cc1NC(=O)C[C@@H]1CCC[C@H]1N.Cl. The first-order chi connectivity index (χ1) is 9.95. The molecule has 6 heteroatoms. The number of aryl methyl sites for hydroxylation is 1. The topological polar surface area (TPSA) is 84.2 Å². The third-order valence-corrected chi connectivity index (χ3v) is 3.93. The quantitative estimate of drug-likeness (QED) is 0.795. The molecule has 0 bridgehead atoms. The van der Waals surface area contributed by atoms with E-state index in [4.69, 9.17) is 5.73 Å². The third kappa shape index (κ3) is 5.00. The van der Waals surface area contributed by atoms with Gasteiger partial charge in [0.1, 0.15) is 0 Å². The van der Waals surface area contributed by atoms with Crippen molar-refractivity contribution in [3.8, 4) is 0 Å². The molecule has 2 amide bonds. The van der Waals surface area contributed by atoms with Gasteiger partial charge >= 0.3 is 0 Å². The maximum absolute atomic E-state index is 12.2. The highest BCUT2D eigenvalue weighted by atomic mass is 35.5. The number of rotatable bonds is 4. The van der Waals surface area contributed by atoms with Crippen LogP contribution in [-0.2, 0) is 9.59 Å². The zero-order valence-corrected chi connectivity index (χ0v) is 13.8. The van der Waals surface area contributed by atoms with Gasteiger partial charge in [0.25, 0.3) is 0 Å². The fourth-order valence-electron chi connectivity index (χ4n) is 2.82. The molecule has 0 aliphatic heterocycles. The third-order valence-electron chi connectivity index (χ3n) is 3.93. The van der Waals surface area contributed by atoms with E-state index in [0.29, 0.717) is 17.8 Å². The highest BCUT2D eigenvalue weighted by Gasteiger charge is 2.26. The van der Waals surface area contributed by atoms with Gasteiger partial charge in [0.05, 0.1) is 11.4 Å². The average Bonchev–Trinajstić information content (AvgIpc) is 2.78. The fraction of sp³-hybridized carbons (Fsp3) is 0.500. The number of carbonyl (C=O) groups excluding carboxylic acids is 2. The van der Waals surface area contributed by atoms with Crippen molar-refractivity contribution in [3.63, 3.8) is 0 Å². The van der Waals surface area contributed by atoms with Crippen LogP contribution in [-0.4, -0.2) is 17.9 Å². The molecule has 1 aliphatic rings. The van der Waals surface area contributed by atoms with E-state index in [1.807, 2.05) is 19.1 Å². The predicted molar refractivity (Wildman–Crippen MR) is 91.3 cm³/mol. The average molecular weight is 326 g/mol. The van der Waals surface area contributed by atoms with Crippen LogP contribution in [0, 0.1) is 12.8 Å². The van der Waals surface area contributed by atoms with Crippen molar-refractivity contribution in [3.05, 3.63) is 23.8 Å². The van der Waals surface area contributed by atoms with Crippen molar-refractivity contribution in [1.29, 1.82) is 0 Å². The summed E-state index contributed by atoms with van der Waals surface area (Å²) in [6, 6.07) is 5.68. The van der Waals surface area contributed by atoms with E-state index < -0.39 is 0 Å². The molecule has 4 N–H and O–H groups in total. The van der Waals surface area contributed by atoms with Crippen molar-refractivity contribution in [2.24, 2.45) is 11.7 Å². The molecule has 1 aromatic rings. The molecule has 0 unspecified atom stereocenters. The molecule has 1 aliphatic carbocycles. The van der Waals surface area contributed by atoms with Crippen molar-refractivity contribution >= 4 is 35.6 Å². The zero-order valence-electron chi connectivity index (χ0n) is 13.0. The molecular weight excluding hydrogens is 302 g/mol.